The van der Waals surface area contributed by atoms with Crippen molar-refractivity contribution in [3.8, 4) is 5.75 Å². The van der Waals surface area contributed by atoms with E-state index in [0.717, 1.165) is 0 Å². The molecule has 0 saturated carbocycles. The molecule has 3 aromatic carbocycles. The highest BCUT2D eigenvalue weighted by Crippen LogP contribution is 2.29. The molecule has 3 aromatic rings. The molecule has 12 heteroatoms. The number of ether oxygens (including phenoxy) is 1. The van der Waals surface area contributed by atoms with Crippen molar-refractivity contribution in [2.45, 2.75) is 4.90 Å². The van der Waals surface area contributed by atoms with Crippen LogP contribution >= 0.6 is 23.2 Å². The Balaban J connectivity index is 1.69. The van der Waals surface area contributed by atoms with Crippen molar-refractivity contribution in [1.29, 1.82) is 0 Å². The smallest absolute Gasteiger partial charge is 0.269 e. The second-order valence-corrected chi connectivity index (χ2v) is 8.78. The number of halogens is 2. The topological polar surface area (TPSA) is 128 Å². The summed E-state index contributed by atoms with van der Waals surface area (Å²) in [5, 5.41) is 13.3. The van der Waals surface area contributed by atoms with E-state index >= 15 is 0 Å². The maximum atomic E-state index is 12.8. The quantitative estimate of drug-likeness (QED) is 0.343. The number of nitrogens with zero attached hydrogens (tertiary/aromatic N) is 1. The van der Waals surface area contributed by atoms with Crippen LogP contribution in [0.5, 0.6) is 5.75 Å². The Morgan fingerprint density at radius 3 is 2.34 bits per heavy atom. The zero-order valence-corrected chi connectivity index (χ0v) is 18.4. The lowest BCUT2D eigenvalue weighted by molar-refractivity contribution is -0.384. The van der Waals surface area contributed by atoms with Gasteiger partial charge in [0.2, 0.25) is 0 Å². The van der Waals surface area contributed by atoms with Crippen molar-refractivity contribution in [1.82, 2.24) is 0 Å². The zero-order valence-electron chi connectivity index (χ0n) is 16.1. The molecule has 0 unspecified atom stereocenters. The lowest BCUT2D eigenvalue weighted by Gasteiger charge is -2.13. The molecule has 0 bridgehead atoms. The maximum Gasteiger partial charge on any atom is 0.269 e. The Kier molecular flexibility index (Phi) is 7.18. The van der Waals surface area contributed by atoms with E-state index in [1.54, 1.807) is 12.1 Å². The third-order valence-electron chi connectivity index (χ3n) is 4.04. The van der Waals surface area contributed by atoms with Gasteiger partial charge in [-0.2, -0.15) is 0 Å². The average molecular weight is 496 g/mol. The van der Waals surface area contributed by atoms with Crippen molar-refractivity contribution in [2.24, 2.45) is 0 Å². The van der Waals surface area contributed by atoms with E-state index < -0.39 is 27.5 Å². The van der Waals surface area contributed by atoms with Gasteiger partial charge in [-0.05, 0) is 42.5 Å². The van der Waals surface area contributed by atoms with Gasteiger partial charge < -0.3 is 10.1 Å². The van der Waals surface area contributed by atoms with Gasteiger partial charge in [0.15, 0.2) is 6.61 Å². The number of hydrogen-bond donors (Lipinski definition) is 2. The number of amides is 1. The van der Waals surface area contributed by atoms with Gasteiger partial charge in [-0.15, -0.1) is 0 Å². The number of nitrogens with one attached hydrogen (secondary N) is 2. The van der Waals surface area contributed by atoms with E-state index in [4.69, 9.17) is 27.9 Å². The molecule has 2 N–H and O–H groups in total. The van der Waals surface area contributed by atoms with Crippen LogP contribution in [0.1, 0.15) is 0 Å². The summed E-state index contributed by atoms with van der Waals surface area (Å²) in [4.78, 5) is 22.0. The molecule has 0 saturated heterocycles. The lowest BCUT2D eigenvalue weighted by atomic mass is 10.3. The van der Waals surface area contributed by atoms with E-state index in [9.17, 15) is 23.3 Å². The molecule has 0 atom stereocenters. The monoisotopic (exact) mass is 495 g/mol. The largest absolute Gasteiger partial charge is 0.484 e. The highest BCUT2D eigenvalue weighted by molar-refractivity contribution is 7.92. The van der Waals surface area contributed by atoms with Gasteiger partial charge in [0.1, 0.15) is 10.6 Å². The second-order valence-electron chi connectivity index (χ2n) is 6.32. The van der Waals surface area contributed by atoms with Crippen LogP contribution in [0.3, 0.4) is 0 Å². The molecular weight excluding hydrogens is 481 g/mol. The Morgan fingerprint density at radius 2 is 1.69 bits per heavy atom. The number of non-ortho nitro benzene ring substituents is 1. The molecule has 0 heterocycles. The van der Waals surface area contributed by atoms with Crippen LogP contribution in [0.25, 0.3) is 0 Å². The SMILES string of the molecule is O=C(COc1ccc([N+](=O)[O-])cc1)Nc1ccc(Cl)c(S(=O)(=O)Nc2ccccc2Cl)c1. The number of benzene rings is 3. The first-order chi connectivity index (χ1) is 15.2. The number of hydrogen-bond acceptors (Lipinski definition) is 6. The molecule has 0 radical (unpaired) electrons. The van der Waals surface area contributed by atoms with Crippen LogP contribution in [0.15, 0.2) is 71.6 Å². The molecule has 0 aliphatic heterocycles. The molecule has 1 amide bonds. The maximum absolute atomic E-state index is 12.8. The van der Waals surface area contributed by atoms with Gasteiger partial charge in [-0.1, -0.05) is 35.3 Å². The molecule has 0 aliphatic carbocycles. The molecule has 0 aromatic heterocycles. The van der Waals surface area contributed by atoms with Gasteiger partial charge in [-0.3, -0.25) is 19.6 Å². The molecular formula is C20H15Cl2N3O6S. The lowest BCUT2D eigenvalue weighted by Crippen LogP contribution is -2.20. The first kappa shape index (κ1) is 23.3. The second kappa shape index (κ2) is 9.86. The van der Waals surface area contributed by atoms with E-state index in [0.29, 0.717) is 0 Å². The summed E-state index contributed by atoms with van der Waals surface area (Å²) < 4.78 is 33.2. The van der Waals surface area contributed by atoms with Crippen molar-refractivity contribution in [3.05, 3.63) is 86.9 Å². The van der Waals surface area contributed by atoms with Gasteiger partial charge in [0.05, 0.1) is 20.7 Å². The summed E-state index contributed by atoms with van der Waals surface area (Å²) in [6.07, 6.45) is 0. The Bertz CT molecular complexity index is 1270. The van der Waals surface area contributed by atoms with Crippen LogP contribution in [0, 0.1) is 10.1 Å². The number of anilines is 2. The predicted octanol–water partition coefficient (Wildman–Crippen LogP) is 4.72. The minimum absolute atomic E-state index is 0.0512. The predicted molar refractivity (Wildman–Crippen MR) is 121 cm³/mol. The summed E-state index contributed by atoms with van der Waals surface area (Å²) >= 11 is 12.1. The van der Waals surface area contributed by atoms with Gasteiger partial charge in [0.25, 0.3) is 21.6 Å². The highest BCUT2D eigenvalue weighted by Gasteiger charge is 2.20. The minimum Gasteiger partial charge on any atom is -0.484 e. The normalized spacial score (nSPS) is 10.9. The van der Waals surface area contributed by atoms with Crippen molar-refractivity contribution >= 4 is 56.2 Å². The zero-order chi connectivity index (χ0) is 23.3. The van der Waals surface area contributed by atoms with Crippen LogP contribution in [-0.2, 0) is 14.8 Å². The molecule has 9 nitrogen and oxygen atoms in total. The summed E-state index contributed by atoms with van der Waals surface area (Å²) in [5.41, 5.74) is 0.240. The van der Waals surface area contributed by atoms with Crippen molar-refractivity contribution in [3.63, 3.8) is 0 Å². The van der Waals surface area contributed by atoms with E-state index in [1.165, 1.54) is 54.6 Å². The Morgan fingerprint density at radius 1 is 1.00 bits per heavy atom. The Hall–Kier alpha value is -3.34. The fraction of sp³-hybridized carbons (Fsp3) is 0.0500. The first-order valence-electron chi connectivity index (χ1n) is 8.90. The van der Waals surface area contributed by atoms with Gasteiger partial charge in [0, 0.05) is 17.8 Å². The molecule has 0 spiro atoms. The van der Waals surface area contributed by atoms with Crippen molar-refractivity contribution < 1.29 is 22.9 Å². The Labute approximate surface area is 193 Å². The highest BCUT2D eigenvalue weighted by atomic mass is 35.5. The molecule has 0 aliphatic rings. The fourth-order valence-electron chi connectivity index (χ4n) is 2.54. The third kappa shape index (κ3) is 5.88. The molecule has 0 fully saturated rings. The fourth-order valence-corrected chi connectivity index (χ4v) is 4.39. The molecule has 3 rings (SSSR count). The summed E-state index contributed by atoms with van der Waals surface area (Å²) in [5.74, 6) is -0.317. The molecule has 166 valence electrons. The van der Waals surface area contributed by atoms with E-state index in [2.05, 4.69) is 10.0 Å². The summed E-state index contributed by atoms with van der Waals surface area (Å²) in [6.45, 7) is -0.402. The van der Waals surface area contributed by atoms with Gasteiger partial charge >= 0.3 is 0 Å². The van der Waals surface area contributed by atoms with Crippen LogP contribution < -0.4 is 14.8 Å². The number of sulfonamides is 1. The minimum atomic E-state index is -4.10. The first-order valence-corrected chi connectivity index (χ1v) is 11.1. The summed E-state index contributed by atoms with van der Waals surface area (Å²) in [7, 11) is -4.10. The van der Waals surface area contributed by atoms with Crippen LogP contribution in [0.2, 0.25) is 10.0 Å². The molecule has 32 heavy (non-hydrogen) atoms. The average Bonchev–Trinajstić information content (AvgIpc) is 2.75. The number of carbonyl (C=O) groups excluding carboxylic acids is 1. The van der Waals surface area contributed by atoms with Crippen LogP contribution in [-0.4, -0.2) is 25.9 Å². The number of para-hydroxylation sites is 1. The number of rotatable bonds is 8. The van der Waals surface area contributed by atoms with Gasteiger partial charge in [-0.25, -0.2) is 8.42 Å². The summed E-state index contributed by atoms with van der Waals surface area (Å²) in [6, 6.07) is 15.5. The van der Waals surface area contributed by atoms with Crippen LogP contribution in [0.4, 0.5) is 17.1 Å². The number of nitro benzene ring substituents is 1. The van der Waals surface area contributed by atoms with E-state index in [-0.39, 0.29) is 37.8 Å². The number of carbonyl (C=O) groups is 1. The van der Waals surface area contributed by atoms with E-state index in [1.807, 2.05) is 0 Å². The third-order valence-corrected chi connectivity index (χ3v) is 6.22. The van der Waals surface area contributed by atoms with Crippen molar-refractivity contribution in [2.75, 3.05) is 16.6 Å². The number of nitro groups is 1. The standard InChI is InChI=1S/C20H15Cl2N3O6S/c21-16-3-1-2-4-18(16)24-32(29,30)19-11-13(5-10-17(19)22)23-20(26)12-31-15-8-6-14(7-9-15)25(27)28/h1-11,24H,12H2,(H,23,26).